The summed E-state index contributed by atoms with van der Waals surface area (Å²) in [5, 5.41) is 12.0. The minimum Gasteiger partial charge on any atom is -0.480 e. The van der Waals surface area contributed by atoms with Crippen LogP contribution in [0.25, 0.3) is 0 Å². The van der Waals surface area contributed by atoms with Gasteiger partial charge in [-0.3, -0.25) is 9.69 Å². The number of anilines is 1. The maximum absolute atomic E-state index is 10.9. The zero-order chi connectivity index (χ0) is 12.4. The smallest absolute Gasteiger partial charge is 0.320 e. The van der Waals surface area contributed by atoms with Crippen LogP contribution in [0, 0.1) is 6.92 Å². The molecule has 0 amide bonds. The highest BCUT2D eigenvalue weighted by molar-refractivity contribution is 7.13. The fourth-order valence-electron chi connectivity index (χ4n) is 1.94. The van der Waals surface area contributed by atoms with Crippen LogP contribution in [0.4, 0.5) is 5.13 Å². The third-order valence-corrected chi connectivity index (χ3v) is 4.12. The van der Waals surface area contributed by atoms with Crippen molar-refractivity contribution in [1.29, 1.82) is 0 Å². The first-order chi connectivity index (χ1) is 8.08. The third kappa shape index (κ3) is 2.76. The largest absolute Gasteiger partial charge is 0.480 e. The van der Waals surface area contributed by atoms with Crippen molar-refractivity contribution in [2.24, 2.45) is 0 Å². The molecule has 17 heavy (non-hydrogen) atoms. The SMILES string of the molecule is Cc1csc(N2CCN([C@H](C)C(=O)O)CC2)n1. The molecular formula is C11H17N3O2S. The van der Waals surface area contributed by atoms with Crippen LogP contribution in [0.3, 0.4) is 0 Å². The van der Waals surface area contributed by atoms with Crippen molar-refractivity contribution in [3.05, 3.63) is 11.1 Å². The molecule has 1 aliphatic rings. The van der Waals surface area contributed by atoms with E-state index in [1.165, 1.54) is 0 Å². The number of aryl methyl sites for hydroxylation is 1. The molecule has 0 radical (unpaired) electrons. The lowest BCUT2D eigenvalue weighted by Crippen LogP contribution is -2.51. The summed E-state index contributed by atoms with van der Waals surface area (Å²) in [4.78, 5) is 19.6. The molecule has 0 bridgehead atoms. The van der Waals surface area contributed by atoms with Crippen molar-refractivity contribution in [3.8, 4) is 0 Å². The number of aliphatic carboxylic acids is 1. The van der Waals surface area contributed by atoms with Gasteiger partial charge >= 0.3 is 5.97 Å². The van der Waals surface area contributed by atoms with Gasteiger partial charge in [-0.2, -0.15) is 0 Å². The van der Waals surface area contributed by atoms with E-state index in [-0.39, 0.29) is 0 Å². The van der Waals surface area contributed by atoms with Gasteiger partial charge < -0.3 is 10.0 Å². The number of nitrogens with zero attached hydrogens (tertiary/aromatic N) is 3. The van der Waals surface area contributed by atoms with Gasteiger partial charge in [0.25, 0.3) is 0 Å². The molecule has 5 nitrogen and oxygen atoms in total. The Bertz CT molecular complexity index is 399. The van der Waals surface area contributed by atoms with Crippen LogP contribution in [0.5, 0.6) is 0 Å². The van der Waals surface area contributed by atoms with Gasteiger partial charge in [-0.05, 0) is 13.8 Å². The summed E-state index contributed by atoms with van der Waals surface area (Å²) in [7, 11) is 0. The number of carbonyl (C=O) groups is 1. The summed E-state index contributed by atoms with van der Waals surface area (Å²) in [6, 6.07) is -0.393. The van der Waals surface area contributed by atoms with Crippen LogP contribution in [-0.2, 0) is 4.79 Å². The number of aromatic nitrogens is 1. The van der Waals surface area contributed by atoms with Crippen LogP contribution < -0.4 is 4.90 Å². The highest BCUT2D eigenvalue weighted by Gasteiger charge is 2.25. The zero-order valence-electron chi connectivity index (χ0n) is 10.1. The maximum atomic E-state index is 10.9. The van der Waals surface area contributed by atoms with Crippen molar-refractivity contribution in [3.63, 3.8) is 0 Å². The van der Waals surface area contributed by atoms with Gasteiger partial charge in [-0.1, -0.05) is 0 Å². The van der Waals surface area contributed by atoms with E-state index in [1.54, 1.807) is 18.3 Å². The molecule has 0 aromatic carbocycles. The lowest BCUT2D eigenvalue weighted by molar-refractivity contribution is -0.142. The van der Waals surface area contributed by atoms with Gasteiger partial charge in [0.15, 0.2) is 5.13 Å². The molecule has 0 unspecified atom stereocenters. The number of thiazole rings is 1. The van der Waals surface area contributed by atoms with Crippen LogP contribution in [-0.4, -0.2) is 53.2 Å². The van der Waals surface area contributed by atoms with Gasteiger partial charge in [0.05, 0.1) is 5.69 Å². The second-order valence-electron chi connectivity index (χ2n) is 4.31. The lowest BCUT2D eigenvalue weighted by Gasteiger charge is -2.36. The summed E-state index contributed by atoms with van der Waals surface area (Å²) >= 11 is 1.65. The van der Waals surface area contributed by atoms with Crippen molar-refractivity contribution in [2.75, 3.05) is 31.1 Å². The fourth-order valence-corrected chi connectivity index (χ4v) is 2.80. The normalized spacial score (nSPS) is 19.3. The monoisotopic (exact) mass is 255 g/mol. The standard InChI is InChI=1S/C11H17N3O2S/c1-8-7-17-11(12-8)14-5-3-13(4-6-14)9(2)10(15)16/h7,9H,3-6H2,1-2H3,(H,15,16)/t9-/m1/s1. The van der Waals surface area contributed by atoms with Crippen LogP contribution in [0.1, 0.15) is 12.6 Å². The third-order valence-electron chi connectivity index (χ3n) is 3.10. The van der Waals surface area contributed by atoms with Crippen LogP contribution in [0.15, 0.2) is 5.38 Å². The Hall–Kier alpha value is -1.14. The van der Waals surface area contributed by atoms with E-state index in [0.29, 0.717) is 0 Å². The van der Waals surface area contributed by atoms with Crippen molar-refractivity contribution in [1.82, 2.24) is 9.88 Å². The molecule has 1 N–H and O–H groups in total. The minimum atomic E-state index is -0.747. The van der Waals surface area contributed by atoms with E-state index < -0.39 is 12.0 Å². The number of piperazine rings is 1. The Labute approximate surface area is 105 Å². The molecule has 0 saturated carbocycles. The van der Waals surface area contributed by atoms with E-state index in [2.05, 4.69) is 9.88 Å². The number of rotatable bonds is 3. The average molecular weight is 255 g/mol. The van der Waals surface area contributed by atoms with Crippen LogP contribution >= 0.6 is 11.3 Å². The topological polar surface area (TPSA) is 56.7 Å². The summed E-state index contributed by atoms with van der Waals surface area (Å²) in [5.41, 5.74) is 1.05. The Morgan fingerprint density at radius 2 is 2.12 bits per heavy atom. The Morgan fingerprint density at radius 3 is 2.59 bits per heavy atom. The quantitative estimate of drug-likeness (QED) is 0.875. The van der Waals surface area contributed by atoms with Gasteiger partial charge in [-0.15, -0.1) is 11.3 Å². The van der Waals surface area contributed by atoms with Gasteiger partial charge in [0.1, 0.15) is 6.04 Å². The fraction of sp³-hybridized carbons (Fsp3) is 0.636. The summed E-state index contributed by atoms with van der Waals surface area (Å²) < 4.78 is 0. The molecular weight excluding hydrogens is 238 g/mol. The molecule has 94 valence electrons. The first-order valence-corrected chi connectivity index (χ1v) is 6.60. The highest BCUT2D eigenvalue weighted by Crippen LogP contribution is 2.21. The van der Waals surface area contributed by atoms with E-state index >= 15 is 0 Å². The van der Waals surface area contributed by atoms with Crippen molar-refractivity contribution in [2.45, 2.75) is 19.9 Å². The predicted molar refractivity (Wildman–Crippen MR) is 67.7 cm³/mol. The molecule has 2 heterocycles. The highest BCUT2D eigenvalue weighted by atomic mass is 32.1. The lowest BCUT2D eigenvalue weighted by atomic mass is 10.2. The molecule has 1 saturated heterocycles. The number of carboxylic acids is 1. The van der Waals surface area contributed by atoms with E-state index in [9.17, 15) is 4.79 Å². The molecule has 1 aromatic rings. The molecule has 1 atom stereocenters. The van der Waals surface area contributed by atoms with E-state index in [4.69, 9.17) is 5.11 Å². The molecule has 1 aromatic heterocycles. The molecule has 6 heteroatoms. The predicted octanol–water partition coefficient (Wildman–Crippen LogP) is 1.05. The number of carboxylic acid groups (broad SMARTS) is 1. The molecule has 2 rings (SSSR count). The van der Waals surface area contributed by atoms with Gasteiger partial charge in [0, 0.05) is 31.6 Å². The summed E-state index contributed by atoms with van der Waals surface area (Å²) in [6.45, 7) is 7.00. The Morgan fingerprint density at radius 1 is 1.47 bits per heavy atom. The van der Waals surface area contributed by atoms with Gasteiger partial charge in [0.2, 0.25) is 0 Å². The Balaban J connectivity index is 1.92. The summed E-state index contributed by atoms with van der Waals surface area (Å²) in [5.74, 6) is -0.747. The minimum absolute atomic E-state index is 0.393. The van der Waals surface area contributed by atoms with Crippen molar-refractivity contribution < 1.29 is 9.90 Å². The maximum Gasteiger partial charge on any atom is 0.320 e. The Kier molecular flexibility index (Phi) is 3.63. The number of hydrogen-bond donors (Lipinski definition) is 1. The molecule has 0 aliphatic carbocycles. The summed E-state index contributed by atoms with van der Waals surface area (Å²) in [6.07, 6.45) is 0. The van der Waals surface area contributed by atoms with Crippen LogP contribution in [0.2, 0.25) is 0 Å². The first-order valence-electron chi connectivity index (χ1n) is 5.72. The van der Waals surface area contributed by atoms with E-state index in [1.807, 2.05) is 17.2 Å². The van der Waals surface area contributed by atoms with Gasteiger partial charge in [-0.25, -0.2) is 4.98 Å². The second kappa shape index (κ2) is 5.01. The average Bonchev–Trinajstić information content (AvgIpc) is 2.75. The zero-order valence-corrected chi connectivity index (χ0v) is 10.9. The van der Waals surface area contributed by atoms with E-state index in [0.717, 1.165) is 37.0 Å². The molecule has 0 spiro atoms. The first kappa shape index (κ1) is 12.3. The molecule has 1 fully saturated rings. The van der Waals surface area contributed by atoms with Crippen molar-refractivity contribution >= 4 is 22.4 Å². The second-order valence-corrected chi connectivity index (χ2v) is 5.15. The number of hydrogen-bond acceptors (Lipinski definition) is 5. The molecule has 1 aliphatic heterocycles.